The summed E-state index contributed by atoms with van der Waals surface area (Å²) in [6.45, 7) is 0.590. The highest BCUT2D eigenvalue weighted by Crippen LogP contribution is 2.21. The van der Waals surface area contributed by atoms with Crippen molar-refractivity contribution in [3.8, 4) is 0 Å². The summed E-state index contributed by atoms with van der Waals surface area (Å²) in [5.41, 5.74) is 10.6. The SMILES string of the molecule is NCCC(N)(Br)Br. The van der Waals surface area contributed by atoms with Gasteiger partial charge < -0.3 is 11.5 Å². The third kappa shape index (κ3) is 6.88. The molecule has 0 heterocycles. The van der Waals surface area contributed by atoms with Gasteiger partial charge in [-0.2, -0.15) is 0 Å². The van der Waals surface area contributed by atoms with Gasteiger partial charge in [-0.3, -0.25) is 0 Å². The topological polar surface area (TPSA) is 52.0 Å². The van der Waals surface area contributed by atoms with E-state index in [2.05, 4.69) is 31.9 Å². The summed E-state index contributed by atoms with van der Waals surface area (Å²) >= 11 is 6.31. The first-order valence-electron chi connectivity index (χ1n) is 1.93. The lowest BCUT2D eigenvalue weighted by molar-refractivity contribution is 0.776. The second-order valence-electron chi connectivity index (χ2n) is 1.30. The van der Waals surface area contributed by atoms with E-state index >= 15 is 0 Å². The van der Waals surface area contributed by atoms with Crippen molar-refractivity contribution in [2.45, 2.75) is 9.78 Å². The molecule has 7 heavy (non-hydrogen) atoms. The molecule has 0 aromatic rings. The number of halogens is 2. The fourth-order valence-electron chi connectivity index (χ4n) is 0.192. The van der Waals surface area contributed by atoms with Crippen LogP contribution in [0.25, 0.3) is 0 Å². The van der Waals surface area contributed by atoms with Crippen LogP contribution in [0.15, 0.2) is 0 Å². The molecular weight excluding hydrogens is 224 g/mol. The van der Waals surface area contributed by atoms with Gasteiger partial charge in [0.05, 0.1) is 0 Å². The maximum absolute atomic E-state index is 5.40. The predicted octanol–water partition coefficient (Wildman–Crippen LogP) is 0.738. The molecule has 2 nitrogen and oxygen atoms in total. The van der Waals surface area contributed by atoms with Gasteiger partial charge in [0.25, 0.3) is 0 Å². The van der Waals surface area contributed by atoms with Gasteiger partial charge in [-0.25, -0.2) is 0 Å². The van der Waals surface area contributed by atoms with Gasteiger partial charge in [0, 0.05) is 0 Å². The van der Waals surface area contributed by atoms with Gasteiger partial charge in [0.2, 0.25) is 0 Å². The van der Waals surface area contributed by atoms with Crippen LogP contribution in [0.4, 0.5) is 0 Å². The zero-order chi connectivity index (χ0) is 5.91. The van der Waals surface area contributed by atoms with Crippen LogP contribution in [-0.4, -0.2) is 9.90 Å². The van der Waals surface area contributed by atoms with Crippen molar-refractivity contribution >= 4 is 31.9 Å². The third-order valence-corrected chi connectivity index (χ3v) is 1.27. The number of alkyl halides is 2. The predicted molar refractivity (Wildman–Crippen MR) is 38.4 cm³/mol. The average molecular weight is 232 g/mol. The maximum Gasteiger partial charge on any atom is 0.129 e. The first kappa shape index (κ1) is 7.88. The summed E-state index contributed by atoms with van der Waals surface area (Å²) in [4.78, 5) is 0. The van der Waals surface area contributed by atoms with Gasteiger partial charge >= 0.3 is 0 Å². The first-order valence-corrected chi connectivity index (χ1v) is 3.51. The van der Waals surface area contributed by atoms with Crippen LogP contribution in [0, 0.1) is 0 Å². The standard InChI is InChI=1S/C3H8Br2N2/c4-3(5,7)1-2-6/h1-2,6-7H2. The second kappa shape index (κ2) is 3.02. The van der Waals surface area contributed by atoms with E-state index in [-0.39, 0.29) is 0 Å². The third-order valence-electron chi connectivity index (χ3n) is 0.478. The lowest BCUT2D eigenvalue weighted by Crippen LogP contribution is -2.27. The minimum atomic E-state index is -0.450. The molecule has 0 aromatic carbocycles. The molecule has 0 bridgehead atoms. The monoisotopic (exact) mass is 230 g/mol. The minimum Gasteiger partial charge on any atom is -0.330 e. The van der Waals surface area contributed by atoms with Crippen molar-refractivity contribution in [2.75, 3.05) is 6.54 Å². The molecule has 0 saturated carbocycles. The fourth-order valence-corrected chi connectivity index (χ4v) is 0.650. The van der Waals surface area contributed by atoms with Gasteiger partial charge in [-0.15, -0.1) is 0 Å². The highest BCUT2D eigenvalue weighted by molar-refractivity contribution is 9.25. The van der Waals surface area contributed by atoms with Crippen LogP contribution in [0.1, 0.15) is 6.42 Å². The smallest absolute Gasteiger partial charge is 0.129 e. The van der Waals surface area contributed by atoms with Crippen molar-refractivity contribution in [1.29, 1.82) is 0 Å². The Morgan fingerprint density at radius 3 is 1.86 bits per heavy atom. The summed E-state index contributed by atoms with van der Waals surface area (Å²) in [5.74, 6) is 0. The molecular formula is C3H8Br2N2. The summed E-state index contributed by atoms with van der Waals surface area (Å²) in [6, 6.07) is 0. The van der Waals surface area contributed by atoms with Crippen molar-refractivity contribution in [3.63, 3.8) is 0 Å². The zero-order valence-corrected chi connectivity index (χ0v) is 7.00. The van der Waals surface area contributed by atoms with E-state index in [1.54, 1.807) is 0 Å². The summed E-state index contributed by atoms with van der Waals surface area (Å²) in [5, 5.41) is 0. The number of hydrogen-bond acceptors (Lipinski definition) is 2. The molecule has 0 spiro atoms. The maximum atomic E-state index is 5.40. The first-order chi connectivity index (χ1) is 3.06. The highest BCUT2D eigenvalue weighted by atomic mass is 79.9. The Bertz CT molecular complexity index is 49.4. The molecule has 0 saturated heterocycles. The Kier molecular flexibility index (Phi) is 3.40. The molecule has 0 atom stereocenters. The lowest BCUT2D eigenvalue weighted by Gasteiger charge is -2.10. The van der Waals surface area contributed by atoms with Crippen molar-refractivity contribution < 1.29 is 0 Å². The van der Waals surface area contributed by atoms with Gasteiger partial charge in [0.15, 0.2) is 0 Å². The number of nitrogens with two attached hydrogens (primary N) is 2. The molecule has 0 aromatic heterocycles. The molecule has 4 heteroatoms. The van der Waals surface area contributed by atoms with E-state index in [1.165, 1.54) is 0 Å². The molecule has 0 unspecified atom stereocenters. The second-order valence-corrected chi connectivity index (χ2v) is 5.19. The normalized spacial score (nSPS) is 12.0. The van der Waals surface area contributed by atoms with Gasteiger partial charge in [-0.1, -0.05) is 31.9 Å². The molecule has 0 radical (unpaired) electrons. The molecule has 44 valence electrons. The Morgan fingerprint density at radius 1 is 1.43 bits per heavy atom. The molecule has 0 aliphatic carbocycles. The molecule has 0 aliphatic heterocycles. The van der Waals surface area contributed by atoms with Crippen molar-refractivity contribution in [3.05, 3.63) is 0 Å². The highest BCUT2D eigenvalue weighted by Gasteiger charge is 2.12. The largest absolute Gasteiger partial charge is 0.330 e. The Morgan fingerprint density at radius 2 is 1.86 bits per heavy atom. The fraction of sp³-hybridized carbons (Fsp3) is 1.00. The number of hydrogen-bond donors (Lipinski definition) is 2. The average Bonchev–Trinajstić information content (AvgIpc) is 1.30. The quantitative estimate of drug-likeness (QED) is 0.544. The van der Waals surface area contributed by atoms with Crippen molar-refractivity contribution in [1.82, 2.24) is 0 Å². The van der Waals surface area contributed by atoms with Crippen LogP contribution in [-0.2, 0) is 0 Å². The van der Waals surface area contributed by atoms with E-state index in [0.29, 0.717) is 6.54 Å². The van der Waals surface area contributed by atoms with E-state index in [0.717, 1.165) is 6.42 Å². The van der Waals surface area contributed by atoms with Gasteiger partial charge in [0.1, 0.15) is 3.36 Å². The zero-order valence-electron chi connectivity index (χ0n) is 3.82. The van der Waals surface area contributed by atoms with E-state index in [4.69, 9.17) is 11.5 Å². The summed E-state index contributed by atoms with van der Waals surface area (Å²) in [7, 11) is 0. The van der Waals surface area contributed by atoms with Crippen LogP contribution >= 0.6 is 31.9 Å². The van der Waals surface area contributed by atoms with E-state index < -0.39 is 3.36 Å². The molecule has 0 fully saturated rings. The van der Waals surface area contributed by atoms with Crippen LogP contribution in [0.5, 0.6) is 0 Å². The van der Waals surface area contributed by atoms with E-state index in [9.17, 15) is 0 Å². The lowest BCUT2D eigenvalue weighted by atomic mass is 10.4. The van der Waals surface area contributed by atoms with E-state index in [1.807, 2.05) is 0 Å². The van der Waals surface area contributed by atoms with Gasteiger partial charge in [-0.05, 0) is 13.0 Å². The van der Waals surface area contributed by atoms with Crippen LogP contribution < -0.4 is 11.5 Å². The summed E-state index contributed by atoms with van der Waals surface area (Å²) in [6.07, 6.45) is 0.729. The Labute approximate surface area is 59.9 Å². The molecule has 0 aliphatic rings. The van der Waals surface area contributed by atoms with Crippen LogP contribution in [0.3, 0.4) is 0 Å². The molecule has 0 rings (SSSR count). The Balaban J connectivity index is 3.15. The van der Waals surface area contributed by atoms with Crippen molar-refractivity contribution in [2.24, 2.45) is 11.5 Å². The van der Waals surface area contributed by atoms with Crippen LogP contribution in [0.2, 0.25) is 0 Å². The summed E-state index contributed by atoms with van der Waals surface area (Å²) < 4.78 is -0.450. The molecule has 0 amide bonds. The molecule has 4 N–H and O–H groups in total. The number of rotatable bonds is 2. The Hall–Kier alpha value is 0.880. The minimum absolute atomic E-state index is 0.450.